The molecule has 0 amide bonds. The van der Waals surface area contributed by atoms with E-state index in [0.29, 0.717) is 3.57 Å². The normalized spacial score (nSPS) is 10.6. The average molecular weight is 290 g/mol. The largest absolute Gasteiger partial charge is 0.463 e. The molecule has 4 heteroatoms. The van der Waals surface area contributed by atoms with Crippen LogP contribution >= 0.6 is 22.6 Å². The smallest absolute Gasteiger partial charge is 0.208 e. The number of hydrogen-bond donors (Lipinski definition) is 0. The molecule has 66 valence electrons. The molecule has 0 aliphatic carbocycles. The lowest BCUT2D eigenvalue weighted by Gasteiger charge is -1.97. The van der Waals surface area contributed by atoms with Crippen molar-refractivity contribution < 1.29 is 8.81 Å². The van der Waals surface area contributed by atoms with E-state index in [1.165, 1.54) is 18.4 Å². The summed E-state index contributed by atoms with van der Waals surface area (Å²) in [6.07, 6.45) is 1.32. The van der Waals surface area contributed by atoms with Crippen molar-refractivity contribution >= 4 is 33.6 Å². The van der Waals surface area contributed by atoms with Gasteiger partial charge < -0.3 is 4.42 Å². The summed E-state index contributed by atoms with van der Waals surface area (Å²) in [7, 11) is 0. The van der Waals surface area contributed by atoms with Gasteiger partial charge in [0.25, 0.3) is 0 Å². The molecular weight excluding hydrogens is 286 g/mol. The van der Waals surface area contributed by atoms with Crippen molar-refractivity contribution in [3.63, 3.8) is 0 Å². The van der Waals surface area contributed by atoms with Crippen molar-refractivity contribution in [1.29, 1.82) is 0 Å². The first-order chi connectivity index (χ1) is 6.20. The molecule has 0 atom stereocenters. The summed E-state index contributed by atoms with van der Waals surface area (Å²) in [6, 6.07) is 4.32. The van der Waals surface area contributed by atoms with Crippen molar-refractivity contribution in [3.05, 3.63) is 44.1 Å². The first-order valence-electron chi connectivity index (χ1n) is 3.55. The van der Waals surface area contributed by atoms with Gasteiger partial charge in [-0.1, -0.05) is 6.07 Å². The highest BCUT2D eigenvalue weighted by Gasteiger charge is 2.08. The van der Waals surface area contributed by atoms with Gasteiger partial charge in [0.05, 0.1) is 3.57 Å². The molecule has 0 unspecified atom stereocenters. The average Bonchev–Trinajstić information content (AvgIpc) is 2.12. The summed E-state index contributed by atoms with van der Waals surface area (Å²) >= 11 is 1.82. The highest BCUT2D eigenvalue weighted by molar-refractivity contribution is 14.1. The van der Waals surface area contributed by atoms with Gasteiger partial charge in [0.15, 0.2) is 0 Å². The molecule has 0 aliphatic rings. The third-order valence-electron chi connectivity index (χ3n) is 1.71. The first kappa shape index (κ1) is 8.68. The second kappa shape index (κ2) is 3.10. The van der Waals surface area contributed by atoms with Crippen molar-refractivity contribution in [3.8, 4) is 0 Å². The molecule has 2 aromatic rings. The Kier molecular flexibility index (Phi) is 2.07. The number of halogens is 2. The Morgan fingerprint density at radius 3 is 2.92 bits per heavy atom. The maximum atomic E-state index is 13.2. The number of hydrogen-bond acceptors (Lipinski definition) is 2. The fourth-order valence-corrected chi connectivity index (χ4v) is 1.51. The Labute approximate surface area is 86.5 Å². The van der Waals surface area contributed by atoms with Crippen LogP contribution in [0.15, 0.2) is 33.7 Å². The predicted octanol–water partition coefficient (Wildman–Crippen LogP) is 2.54. The van der Waals surface area contributed by atoms with E-state index >= 15 is 0 Å². The molecule has 0 radical (unpaired) electrons. The molecule has 0 saturated carbocycles. The number of rotatable bonds is 0. The summed E-state index contributed by atoms with van der Waals surface area (Å²) in [6.45, 7) is 0. The van der Waals surface area contributed by atoms with Gasteiger partial charge in [-0.05, 0) is 34.7 Å². The maximum Gasteiger partial charge on any atom is 0.208 e. The van der Waals surface area contributed by atoms with Crippen LogP contribution in [0.1, 0.15) is 0 Å². The molecule has 0 N–H and O–H groups in total. The van der Waals surface area contributed by atoms with Crippen molar-refractivity contribution in [1.82, 2.24) is 0 Å². The molecule has 0 aliphatic heterocycles. The fourth-order valence-electron chi connectivity index (χ4n) is 1.11. The zero-order valence-corrected chi connectivity index (χ0v) is 8.54. The van der Waals surface area contributed by atoms with E-state index in [1.807, 2.05) is 22.6 Å². The molecule has 2 nitrogen and oxygen atoms in total. The van der Waals surface area contributed by atoms with E-state index in [-0.39, 0.29) is 16.4 Å². The molecule has 2 rings (SSSR count). The Morgan fingerprint density at radius 2 is 2.15 bits per heavy atom. The standard InChI is InChI=1S/C9H4FIO2/c10-5-2-1-3-7-8(5)9(12)6(11)4-13-7/h1-4H. The van der Waals surface area contributed by atoms with Gasteiger partial charge in [0, 0.05) is 0 Å². The molecule has 1 aromatic heterocycles. The van der Waals surface area contributed by atoms with E-state index in [1.54, 1.807) is 6.07 Å². The van der Waals surface area contributed by atoms with Crippen LogP contribution in [-0.2, 0) is 0 Å². The van der Waals surface area contributed by atoms with E-state index in [0.717, 1.165) is 0 Å². The van der Waals surface area contributed by atoms with E-state index in [2.05, 4.69) is 0 Å². The van der Waals surface area contributed by atoms with E-state index < -0.39 is 5.82 Å². The lowest BCUT2D eigenvalue weighted by Crippen LogP contribution is -2.06. The van der Waals surface area contributed by atoms with Gasteiger partial charge in [-0.25, -0.2) is 4.39 Å². The molecular formula is C9H4FIO2. The summed E-state index contributed by atoms with van der Waals surface area (Å²) < 4.78 is 18.6. The molecule has 13 heavy (non-hydrogen) atoms. The lowest BCUT2D eigenvalue weighted by atomic mass is 10.2. The summed E-state index contributed by atoms with van der Waals surface area (Å²) in [5, 5.41) is 0.0226. The minimum Gasteiger partial charge on any atom is -0.463 e. The molecule has 1 heterocycles. The van der Waals surface area contributed by atoms with Crippen LogP contribution in [0.25, 0.3) is 11.0 Å². The third kappa shape index (κ3) is 1.35. The van der Waals surface area contributed by atoms with Crippen LogP contribution in [0, 0.1) is 9.39 Å². The minimum atomic E-state index is -0.537. The Balaban J connectivity index is 3.06. The monoisotopic (exact) mass is 290 g/mol. The summed E-state index contributed by atoms with van der Waals surface area (Å²) in [5.41, 5.74) is -0.0367. The van der Waals surface area contributed by atoms with Gasteiger partial charge in [-0.3, -0.25) is 4.79 Å². The van der Waals surface area contributed by atoms with E-state index in [4.69, 9.17) is 4.42 Å². The molecule has 0 bridgehead atoms. The van der Waals surface area contributed by atoms with Crippen LogP contribution in [0.4, 0.5) is 4.39 Å². The Bertz CT molecular complexity index is 518. The van der Waals surface area contributed by atoms with Gasteiger partial charge in [-0.15, -0.1) is 0 Å². The minimum absolute atomic E-state index is 0.0226. The zero-order chi connectivity index (χ0) is 9.42. The molecule has 1 aromatic carbocycles. The van der Waals surface area contributed by atoms with Gasteiger partial charge in [0.1, 0.15) is 23.0 Å². The van der Waals surface area contributed by atoms with Crippen LogP contribution in [0.3, 0.4) is 0 Å². The van der Waals surface area contributed by atoms with Crippen LogP contribution in [0.5, 0.6) is 0 Å². The summed E-state index contributed by atoms with van der Waals surface area (Å²) in [5.74, 6) is -0.537. The second-order valence-corrected chi connectivity index (χ2v) is 3.69. The van der Waals surface area contributed by atoms with E-state index in [9.17, 15) is 9.18 Å². The predicted molar refractivity (Wildman–Crippen MR) is 55.2 cm³/mol. The maximum absolute atomic E-state index is 13.2. The van der Waals surface area contributed by atoms with Gasteiger partial charge >= 0.3 is 0 Å². The van der Waals surface area contributed by atoms with Crippen LogP contribution in [0.2, 0.25) is 0 Å². The first-order valence-corrected chi connectivity index (χ1v) is 4.63. The Hall–Kier alpha value is -0.910. The summed E-state index contributed by atoms with van der Waals surface area (Å²) in [4.78, 5) is 11.4. The number of fused-ring (bicyclic) bond motifs is 1. The highest BCUT2D eigenvalue weighted by atomic mass is 127. The quantitative estimate of drug-likeness (QED) is 0.698. The van der Waals surface area contributed by atoms with Gasteiger partial charge in [-0.2, -0.15) is 0 Å². The van der Waals surface area contributed by atoms with Gasteiger partial charge in [0.2, 0.25) is 5.43 Å². The zero-order valence-electron chi connectivity index (χ0n) is 6.38. The van der Waals surface area contributed by atoms with Crippen molar-refractivity contribution in [2.45, 2.75) is 0 Å². The van der Waals surface area contributed by atoms with Crippen molar-refractivity contribution in [2.75, 3.05) is 0 Å². The van der Waals surface area contributed by atoms with Crippen LogP contribution in [-0.4, -0.2) is 0 Å². The molecule has 0 spiro atoms. The second-order valence-electron chi connectivity index (χ2n) is 2.53. The fraction of sp³-hybridized carbons (Fsp3) is 0. The SMILES string of the molecule is O=c1c(I)coc2cccc(F)c12. The highest BCUT2D eigenvalue weighted by Crippen LogP contribution is 2.14. The molecule has 0 saturated heterocycles. The number of benzene rings is 1. The third-order valence-corrected chi connectivity index (χ3v) is 2.45. The molecule has 0 fully saturated rings. The Morgan fingerprint density at radius 1 is 1.38 bits per heavy atom. The van der Waals surface area contributed by atoms with Crippen LogP contribution < -0.4 is 5.43 Å². The van der Waals surface area contributed by atoms with Crippen molar-refractivity contribution in [2.24, 2.45) is 0 Å². The lowest BCUT2D eigenvalue weighted by molar-refractivity contribution is 0.588. The topological polar surface area (TPSA) is 30.2 Å².